The van der Waals surface area contributed by atoms with Gasteiger partial charge in [-0.2, -0.15) is 0 Å². The van der Waals surface area contributed by atoms with Crippen LogP contribution >= 0.6 is 0 Å². The number of benzene rings is 4. The fourth-order valence-electron chi connectivity index (χ4n) is 4.64. The SMILES string of the molecule is NS(=O)(=O)c1ccc(NCc2ccc([O-])c3ncccc23)cc1.NS(=O)(=O)c1ccc(NCc2ccc([O-])c3ncccc23)cc1.[Cu+2]. The Labute approximate surface area is 282 Å². The number of hydrogen-bond acceptors (Lipinski definition) is 10. The van der Waals surface area contributed by atoms with Gasteiger partial charge in [0.2, 0.25) is 20.0 Å². The second kappa shape index (κ2) is 14.8. The molecule has 0 aliphatic rings. The molecule has 0 unspecified atom stereocenters. The van der Waals surface area contributed by atoms with E-state index in [2.05, 4.69) is 20.6 Å². The molecule has 0 spiro atoms. The van der Waals surface area contributed by atoms with E-state index in [1.54, 1.807) is 60.9 Å². The summed E-state index contributed by atoms with van der Waals surface area (Å²) in [6.07, 6.45) is 3.18. The first kappa shape index (κ1) is 35.1. The van der Waals surface area contributed by atoms with E-state index in [0.29, 0.717) is 24.1 Å². The molecule has 15 heteroatoms. The summed E-state index contributed by atoms with van der Waals surface area (Å²) in [5.74, 6) is -0.219. The molecule has 0 bridgehead atoms. The van der Waals surface area contributed by atoms with Gasteiger partial charge in [0, 0.05) is 47.6 Å². The zero-order valence-corrected chi connectivity index (χ0v) is 27.0. The van der Waals surface area contributed by atoms with Crippen molar-refractivity contribution in [3.63, 3.8) is 0 Å². The number of nitrogens with one attached hydrogen (secondary N) is 2. The van der Waals surface area contributed by atoms with Gasteiger partial charge in [0.25, 0.3) is 0 Å². The average molecular weight is 720 g/mol. The Hall–Kier alpha value is -4.76. The normalized spacial score (nSPS) is 11.3. The monoisotopic (exact) mass is 719 g/mol. The minimum Gasteiger partial charge on any atom is -0.871 e. The van der Waals surface area contributed by atoms with Gasteiger partial charge in [0.1, 0.15) is 0 Å². The molecule has 4 aromatic carbocycles. The van der Waals surface area contributed by atoms with Crippen molar-refractivity contribution in [2.24, 2.45) is 10.3 Å². The van der Waals surface area contributed by atoms with Crippen molar-refractivity contribution in [3.8, 4) is 11.5 Å². The van der Waals surface area contributed by atoms with Crippen LogP contribution in [0.15, 0.2) is 119 Å². The zero-order chi connectivity index (χ0) is 32.9. The van der Waals surface area contributed by atoms with Crippen molar-refractivity contribution in [2.45, 2.75) is 22.9 Å². The minimum absolute atomic E-state index is 0. The summed E-state index contributed by atoms with van der Waals surface area (Å²) < 4.78 is 44.9. The molecule has 0 fully saturated rings. The summed E-state index contributed by atoms with van der Waals surface area (Å²) in [5.41, 5.74) is 4.25. The Morgan fingerprint density at radius 3 is 1.26 bits per heavy atom. The number of anilines is 2. The Morgan fingerprint density at radius 2 is 0.915 bits per heavy atom. The number of hydrogen-bond donors (Lipinski definition) is 4. The van der Waals surface area contributed by atoms with Crippen LogP contribution in [0.2, 0.25) is 0 Å². The van der Waals surface area contributed by atoms with Crippen LogP contribution in [0.3, 0.4) is 0 Å². The quantitative estimate of drug-likeness (QED) is 0.169. The maximum atomic E-state index is 11.8. The van der Waals surface area contributed by atoms with Gasteiger partial charge in [-0.15, -0.1) is 0 Å². The third kappa shape index (κ3) is 8.74. The molecule has 0 amide bonds. The van der Waals surface area contributed by atoms with E-state index >= 15 is 0 Å². The molecular formula is C32H28CuN6O6S2. The fraction of sp³-hybridized carbons (Fsp3) is 0.0625. The molecule has 1 radical (unpaired) electrons. The van der Waals surface area contributed by atoms with Crippen LogP contribution in [0.1, 0.15) is 11.1 Å². The molecule has 6 rings (SSSR count). The molecule has 245 valence electrons. The van der Waals surface area contributed by atoms with Crippen LogP contribution in [0.5, 0.6) is 11.5 Å². The number of fused-ring (bicyclic) bond motifs is 2. The van der Waals surface area contributed by atoms with E-state index in [0.717, 1.165) is 33.3 Å². The van der Waals surface area contributed by atoms with Crippen LogP contribution in [-0.4, -0.2) is 26.8 Å². The molecule has 47 heavy (non-hydrogen) atoms. The van der Waals surface area contributed by atoms with E-state index < -0.39 is 20.0 Å². The largest absolute Gasteiger partial charge is 2.00 e. The van der Waals surface area contributed by atoms with Gasteiger partial charge in [-0.25, -0.2) is 27.1 Å². The van der Waals surface area contributed by atoms with Gasteiger partial charge >= 0.3 is 17.1 Å². The smallest absolute Gasteiger partial charge is 0.871 e. The van der Waals surface area contributed by atoms with Gasteiger partial charge in [0.05, 0.1) is 20.8 Å². The average Bonchev–Trinajstić information content (AvgIpc) is 3.04. The van der Waals surface area contributed by atoms with Crippen molar-refractivity contribution in [3.05, 3.63) is 121 Å². The van der Waals surface area contributed by atoms with Crippen LogP contribution in [0, 0.1) is 0 Å². The van der Waals surface area contributed by atoms with Crippen molar-refractivity contribution in [1.29, 1.82) is 0 Å². The van der Waals surface area contributed by atoms with Gasteiger partial charge in [-0.1, -0.05) is 47.9 Å². The Bertz CT molecular complexity index is 2080. The molecule has 0 aliphatic heterocycles. The third-order valence-electron chi connectivity index (χ3n) is 6.98. The molecule has 0 atom stereocenters. The summed E-state index contributed by atoms with van der Waals surface area (Å²) in [5, 5.41) is 41.7. The minimum atomic E-state index is -3.69. The molecule has 0 saturated heterocycles. The van der Waals surface area contributed by atoms with Crippen LogP contribution in [0.25, 0.3) is 21.8 Å². The molecular weight excluding hydrogens is 692 g/mol. The number of nitrogens with two attached hydrogens (primary N) is 2. The summed E-state index contributed by atoms with van der Waals surface area (Å²) in [6.45, 7) is 0.967. The zero-order valence-electron chi connectivity index (χ0n) is 24.4. The number of sulfonamides is 2. The summed E-state index contributed by atoms with van der Waals surface area (Å²) >= 11 is 0. The molecule has 2 aromatic heterocycles. The predicted molar refractivity (Wildman–Crippen MR) is 173 cm³/mol. The van der Waals surface area contributed by atoms with Crippen molar-refractivity contribution < 1.29 is 44.1 Å². The van der Waals surface area contributed by atoms with Crippen LogP contribution in [-0.2, 0) is 50.2 Å². The maximum Gasteiger partial charge on any atom is 2.00 e. The van der Waals surface area contributed by atoms with Crippen molar-refractivity contribution in [1.82, 2.24) is 9.97 Å². The molecule has 0 aliphatic carbocycles. The van der Waals surface area contributed by atoms with Gasteiger partial charge < -0.3 is 20.8 Å². The molecule has 0 saturated carbocycles. The first-order chi connectivity index (χ1) is 21.9. The van der Waals surface area contributed by atoms with E-state index in [9.17, 15) is 27.0 Å². The van der Waals surface area contributed by atoms with Crippen molar-refractivity contribution in [2.75, 3.05) is 10.6 Å². The van der Waals surface area contributed by atoms with Crippen molar-refractivity contribution >= 4 is 53.2 Å². The number of rotatable bonds is 8. The molecule has 6 aromatic rings. The Morgan fingerprint density at radius 1 is 0.553 bits per heavy atom. The standard InChI is InChI=1S/2C16H15N3O3S.Cu/c2*17-23(21,22)13-6-4-12(5-7-13)19-10-11-3-8-15(20)16-14(11)2-1-9-18-16;/h2*1-9,19-20H,10H2,(H2,17,21,22);/q;;+2/p-2. The van der Waals surface area contributed by atoms with Gasteiger partial charge in [-0.05, 0) is 71.8 Å². The molecule has 2 heterocycles. The van der Waals surface area contributed by atoms with E-state index in [4.69, 9.17) is 10.3 Å². The van der Waals surface area contributed by atoms with Crippen LogP contribution < -0.4 is 31.1 Å². The Balaban J connectivity index is 0.000000208. The number of pyridine rings is 2. The summed E-state index contributed by atoms with van der Waals surface area (Å²) in [6, 6.07) is 26.1. The fourth-order valence-corrected chi connectivity index (χ4v) is 5.67. The Kier molecular flexibility index (Phi) is 11.0. The molecule has 6 N–H and O–H groups in total. The third-order valence-corrected chi connectivity index (χ3v) is 8.84. The second-order valence-corrected chi connectivity index (χ2v) is 13.2. The predicted octanol–water partition coefficient (Wildman–Crippen LogP) is 3.13. The number of nitrogens with zero attached hydrogens (tertiary/aromatic N) is 2. The first-order valence-electron chi connectivity index (χ1n) is 13.7. The maximum absolute atomic E-state index is 11.8. The van der Waals surface area contributed by atoms with Gasteiger partial charge in [-0.3, -0.25) is 9.97 Å². The first-order valence-corrected chi connectivity index (χ1v) is 16.8. The number of primary sulfonamides is 2. The topological polar surface area (TPSA) is 216 Å². The number of aromatic nitrogens is 2. The summed E-state index contributed by atoms with van der Waals surface area (Å²) in [7, 11) is -7.38. The van der Waals surface area contributed by atoms with E-state index in [1.165, 1.54) is 36.4 Å². The van der Waals surface area contributed by atoms with Crippen LogP contribution in [0.4, 0.5) is 11.4 Å². The van der Waals surface area contributed by atoms with E-state index in [-0.39, 0.29) is 38.4 Å². The summed E-state index contributed by atoms with van der Waals surface area (Å²) in [4.78, 5) is 8.36. The van der Waals surface area contributed by atoms with Gasteiger partial charge in [0.15, 0.2) is 0 Å². The molecule has 12 nitrogen and oxygen atoms in total. The van der Waals surface area contributed by atoms with E-state index in [1.807, 2.05) is 12.1 Å². The second-order valence-electron chi connectivity index (χ2n) is 10.1.